The van der Waals surface area contributed by atoms with Crippen molar-refractivity contribution in [1.29, 1.82) is 0 Å². The van der Waals surface area contributed by atoms with Crippen LogP contribution in [0.5, 0.6) is 0 Å². The van der Waals surface area contributed by atoms with Gasteiger partial charge in [0.25, 0.3) is 5.24 Å². The molecule has 0 aromatic carbocycles. The third-order valence-corrected chi connectivity index (χ3v) is 3.06. The van der Waals surface area contributed by atoms with E-state index in [9.17, 15) is 4.79 Å². The molecule has 1 amide bonds. The van der Waals surface area contributed by atoms with E-state index >= 15 is 0 Å². The minimum absolute atomic E-state index is 0.00377. The molecule has 82 valence electrons. The molecule has 2 unspecified atom stereocenters. The number of nitrogens with one attached hydrogen (secondary N) is 1. The number of thioether (sulfide) groups is 1. The number of hydrogen-bond acceptors (Lipinski definition) is 3. The fraction of sp³-hybridized carbons (Fsp3) is 0.364. The van der Waals surface area contributed by atoms with Gasteiger partial charge in [-0.3, -0.25) is 4.79 Å². The topological polar surface area (TPSA) is 49.3 Å². The standard InChI is InChI=1S/C11H15NO2S/c1-7(5-4-6-8(2)13)10-9(3)15-11(14)12-10/h4-6,9-10,13H,1H2,2-3H3,(H,12,14)/b5-4-,8-6+. The van der Waals surface area contributed by atoms with E-state index in [0.29, 0.717) is 0 Å². The van der Waals surface area contributed by atoms with Gasteiger partial charge in [-0.25, -0.2) is 0 Å². The smallest absolute Gasteiger partial charge is 0.279 e. The second-order valence-electron chi connectivity index (χ2n) is 3.47. The molecule has 0 aromatic heterocycles. The molecule has 0 radical (unpaired) electrons. The van der Waals surface area contributed by atoms with Crippen LogP contribution in [0.4, 0.5) is 4.79 Å². The van der Waals surface area contributed by atoms with E-state index in [1.165, 1.54) is 11.8 Å². The minimum Gasteiger partial charge on any atom is -0.513 e. The Labute approximate surface area is 93.9 Å². The summed E-state index contributed by atoms with van der Waals surface area (Å²) in [6.07, 6.45) is 5.10. The largest absolute Gasteiger partial charge is 0.513 e. The molecule has 1 fully saturated rings. The third-order valence-electron chi connectivity index (χ3n) is 2.08. The molecule has 0 saturated carbocycles. The zero-order valence-corrected chi connectivity index (χ0v) is 9.67. The lowest BCUT2D eigenvalue weighted by Gasteiger charge is -2.13. The maximum absolute atomic E-state index is 11.1. The Morgan fingerprint density at radius 1 is 1.67 bits per heavy atom. The summed E-state index contributed by atoms with van der Waals surface area (Å²) < 4.78 is 0. The van der Waals surface area contributed by atoms with Crippen molar-refractivity contribution in [3.8, 4) is 0 Å². The van der Waals surface area contributed by atoms with E-state index in [2.05, 4.69) is 11.9 Å². The maximum atomic E-state index is 11.1. The van der Waals surface area contributed by atoms with Crippen LogP contribution in [-0.4, -0.2) is 21.6 Å². The maximum Gasteiger partial charge on any atom is 0.279 e. The number of amides is 1. The van der Waals surface area contributed by atoms with Crippen LogP contribution in [0.25, 0.3) is 0 Å². The quantitative estimate of drug-likeness (QED) is 0.573. The summed E-state index contributed by atoms with van der Waals surface area (Å²) in [5.41, 5.74) is 0.846. The summed E-state index contributed by atoms with van der Waals surface area (Å²) in [6.45, 7) is 7.48. The molecule has 2 N–H and O–H groups in total. The van der Waals surface area contributed by atoms with Gasteiger partial charge in [0.2, 0.25) is 0 Å². The van der Waals surface area contributed by atoms with Crippen molar-refractivity contribution < 1.29 is 9.90 Å². The Bertz CT molecular complexity index is 329. The molecule has 4 heteroatoms. The average Bonchev–Trinajstić information content (AvgIpc) is 2.44. The normalized spacial score (nSPS) is 27.1. The molecule has 2 atom stereocenters. The number of aliphatic hydroxyl groups is 1. The Hall–Kier alpha value is -1.16. The first-order valence-electron chi connectivity index (χ1n) is 4.70. The number of carbonyl (C=O) groups excluding carboxylic acids is 1. The fourth-order valence-electron chi connectivity index (χ4n) is 1.32. The van der Waals surface area contributed by atoms with Crippen LogP contribution in [0.3, 0.4) is 0 Å². The highest BCUT2D eigenvalue weighted by atomic mass is 32.2. The van der Waals surface area contributed by atoms with Crippen LogP contribution >= 0.6 is 11.8 Å². The van der Waals surface area contributed by atoms with E-state index in [0.717, 1.165) is 5.57 Å². The lowest BCUT2D eigenvalue weighted by atomic mass is 10.1. The highest BCUT2D eigenvalue weighted by Crippen LogP contribution is 2.26. The van der Waals surface area contributed by atoms with Gasteiger partial charge in [0.15, 0.2) is 0 Å². The first-order valence-corrected chi connectivity index (χ1v) is 5.58. The molecular formula is C11H15NO2S. The Balaban J connectivity index is 2.58. The van der Waals surface area contributed by atoms with E-state index in [1.54, 1.807) is 25.2 Å². The summed E-state index contributed by atoms with van der Waals surface area (Å²) in [5.74, 6) is 0.247. The summed E-state index contributed by atoms with van der Waals surface area (Å²) in [5, 5.41) is 12.0. The number of hydrogen-bond donors (Lipinski definition) is 2. The summed E-state index contributed by atoms with van der Waals surface area (Å²) in [6, 6.07) is -0.00820. The predicted molar refractivity (Wildman–Crippen MR) is 64.0 cm³/mol. The van der Waals surface area contributed by atoms with Gasteiger partial charge in [0.1, 0.15) is 0 Å². The van der Waals surface area contributed by atoms with Crippen molar-refractivity contribution >= 4 is 17.0 Å². The van der Waals surface area contributed by atoms with E-state index < -0.39 is 0 Å². The molecule has 0 bridgehead atoms. The van der Waals surface area contributed by atoms with E-state index in [4.69, 9.17) is 5.11 Å². The Morgan fingerprint density at radius 2 is 2.33 bits per heavy atom. The summed E-state index contributed by atoms with van der Waals surface area (Å²) in [7, 11) is 0. The first-order chi connectivity index (χ1) is 7.00. The predicted octanol–water partition coefficient (Wildman–Crippen LogP) is 2.77. The number of rotatable bonds is 3. The molecule has 1 rings (SSSR count). The number of allylic oxidation sites excluding steroid dienone is 3. The van der Waals surface area contributed by atoms with Crippen molar-refractivity contribution in [2.24, 2.45) is 0 Å². The number of aliphatic hydroxyl groups excluding tert-OH is 1. The van der Waals surface area contributed by atoms with Gasteiger partial charge in [0.05, 0.1) is 11.8 Å². The second kappa shape index (κ2) is 5.07. The van der Waals surface area contributed by atoms with E-state index in [-0.39, 0.29) is 22.3 Å². The molecule has 0 spiro atoms. The number of carbonyl (C=O) groups is 1. The molecule has 0 aliphatic carbocycles. The molecule has 15 heavy (non-hydrogen) atoms. The highest BCUT2D eigenvalue weighted by Gasteiger charge is 2.30. The minimum atomic E-state index is -0.00820. The van der Waals surface area contributed by atoms with E-state index in [1.807, 2.05) is 6.92 Å². The Kier molecular flexibility index (Phi) is 4.03. The van der Waals surface area contributed by atoms with Crippen LogP contribution in [0, 0.1) is 0 Å². The van der Waals surface area contributed by atoms with Crippen LogP contribution in [0.15, 0.2) is 36.1 Å². The zero-order chi connectivity index (χ0) is 11.4. The second-order valence-corrected chi connectivity index (χ2v) is 4.82. The van der Waals surface area contributed by atoms with Gasteiger partial charge in [-0.2, -0.15) is 0 Å². The summed E-state index contributed by atoms with van der Waals surface area (Å²) in [4.78, 5) is 11.1. The Morgan fingerprint density at radius 3 is 2.80 bits per heavy atom. The SMILES string of the molecule is C=C(/C=C\C=C(/C)O)C1NC(=O)SC1C. The molecule has 1 saturated heterocycles. The van der Waals surface area contributed by atoms with Crippen LogP contribution in [0.1, 0.15) is 13.8 Å². The molecule has 1 aliphatic heterocycles. The van der Waals surface area contributed by atoms with Crippen molar-refractivity contribution in [3.63, 3.8) is 0 Å². The van der Waals surface area contributed by atoms with Gasteiger partial charge in [-0.05, 0) is 18.6 Å². The van der Waals surface area contributed by atoms with Crippen LogP contribution in [0.2, 0.25) is 0 Å². The van der Waals surface area contributed by atoms with Gasteiger partial charge in [-0.1, -0.05) is 37.4 Å². The monoisotopic (exact) mass is 225 g/mol. The lowest BCUT2D eigenvalue weighted by molar-refractivity contribution is 0.261. The van der Waals surface area contributed by atoms with Crippen LogP contribution in [-0.2, 0) is 0 Å². The summed E-state index contributed by atoms with van der Waals surface area (Å²) >= 11 is 1.29. The molecule has 1 heterocycles. The van der Waals surface area contributed by atoms with Gasteiger partial charge >= 0.3 is 0 Å². The first kappa shape index (κ1) is 11.9. The molecule has 3 nitrogen and oxygen atoms in total. The highest BCUT2D eigenvalue weighted by molar-refractivity contribution is 8.14. The average molecular weight is 225 g/mol. The van der Waals surface area contributed by atoms with Crippen molar-refractivity contribution in [3.05, 3.63) is 36.1 Å². The molecule has 1 aliphatic rings. The van der Waals surface area contributed by atoms with Gasteiger partial charge in [0, 0.05) is 5.25 Å². The molecular weight excluding hydrogens is 210 g/mol. The zero-order valence-electron chi connectivity index (χ0n) is 8.86. The van der Waals surface area contributed by atoms with Crippen molar-refractivity contribution in [2.75, 3.05) is 0 Å². The van der Waals surface area contributed by atoms with Crippen molar-refractivity contribution in [1.82, 2.24) is 5.32 Å². The third kappa shape index (κ3) is 3.47. The van der Waals surface area contributed by atoms with Crippen LogP contribution < -0.4 is 5.32 Å². The van der Waals surface area contributed by atoms with Crippen molar-refractivity contribution in [2.45, 2.75) is 25.1 Å². The lowest BCUT2D eigenvalue weighted by Crippen LogP contribution is -2.30. The fourth-order valence-corrected chi connectivity index (χ4v) is 2.24. The molecule has 0 aromatic rings. The van der Waals surface area contributed by atoms with Gasteiger partial charge < -0.3 is 10.4 Å². The van der Waals surface area contributed by atoms with Gasteiger partial charge in [-0.15, -0.1) is 0 Å².